The molecule has 0 amide bonds. The van der Waals surface area contributed by atoms with Gasteiger partial charge in [0.05, 0.1) is 5.39 Å². The molecule has 5 rings (SSSR count). The number of hydrogen-bond donors (Lipinski definition) is 0. The summed E-state index contributed by atoms with van der Waals surface area (Å²) in [5.41, 5.74) is 4.82. The Labute approximate surface area is 121 Å². The van der Waals surface area contributed by atoms with Gasteiger partial charge in [-0.25, -0.2) is 0 Å². The second-order valence-electron chi connectivity index (χ2n) is 5.52. The predicted octanol–water partition coefficient (Wildman–Crippen LogP) is 3.74. The van der Waals surface area contributed by atoms with Crippen LogP contribution in [-0.4, -0.2) is 7.85 Å². The van der Waals surface area contributed by atoms with Crippen LogP contribution in [0.3, 0.4) is 0 Å². The number of furan rings is 2. The van der Waals surface area contributed by atoms with Crippen molar-refractivity contribution in [1.82, 2.24) is 0 Å². The van der Waals surface area contributed by atoms with E-state index in [1.54, 1.807) is 0 Å². The molecule has 21 heavy (non-hydrogen) atoms. The third kappa shape index (κ3) is 1.38. The van der Waals surface area contributed by atoms with Crippen LogP contribution in [0.25, 0.3) is 43.9 Å². The number of fused-ring (bicyclic) bond motifs is 7. The minimum atomic E-state index is 0.877. The Morgan fingerprint density at radius 1 is 0.667 bits per heavy atom. The van der Waals surface area contributed by atoms with Gasteiger partial charge in [-0.2, -0.15) is 0 Å². The molecular weight excluding hydrogens is 259 g/mol. The highest BCUT2D eigenvalue weighted by Gasteiger charge is 2.15. The second-order valence-corrected chi connectivity index (χ2v) is 5.52. The molecule has 2 nitrogen and oxygen atoms in total. The van der Waals surface area contributed by atoms with Crippen LogP contribution in [0.5, 0.6) is 0 Å². The molecule has 3 heteroatoms. The van der Waals surface area contributed by atoms with Crippen LogP contribution >= 0.6 is 0 Å². The zero-order valence-corrected chi connectivity index (χ0v) is 11.5. The highest BCUT2D eigenvalue weighted by atomic mass is 16.3. The molecular formula is C18H11BO2. The van der Waals surface area contributed by atoms with Crippen molar-refractivity contribution in [3.8, 4) is 0 Å². The van der Waals surface area contributed by atoms with Crippen molar-refractivity contribution in [2.45, 2.75) is 0 Å². The smallest absolute Gasteiger partial charge is 0.147 e. The first-order valence-electron chi connectivity index (χ1n) is 7.04. The highest BCUT2D eigenvalue weighted by Crippen LogP contribution is 2.38. The Morgan fingerprint density at radius 3 is 2.48 bits per heavy atom. The average Bonchev–Trinajstić information content (AvgIpc) is 3.03. The van der Waals surface area contributed by atoms with E-state index in [4.69, 9.17) is 8.83 Å². The zero-order valence-electron chi connectivity index (χ0n) is 11.5. The largest absolute Gasteiger partial charge is 0.456 e. The number of benzene rings is 3. The number of para-hydroxylation sites is 1. The molecule has 0 aliphatic heterocycles. The molecule has 0 atom stereocenters. The summed E-state index contributed by atoms with van der Waals surface area (Å²) in [5.74, 6) is 0. The molecule has 0 radical (unpaired) electrons. The molecule has 0 N–H and O–H groups in total. The molecule has 2 heterocycles. The third-order valence-corrected chi connectivity index (χ3v) is 4.14. The lowest BCUT2D eigenvalue weighted by Gasteiger charge is -1.92. The van der Waals surface area contributed by atoms with Crippen molar-refractivity contribution in [2.75, 3.05) is 0 Å². The highest BCUT2D eigenvalue weighted by molar-refractivity contribution is 6.33. The summed E-state index contributed by atoms with van der Waals surface area (Å²) in [6.07, 6.45) is 0. The summed E-state index contributed by atoms with van der Waals surface area (Å²) >= 11 is 0. The predicted molar refractivity (Wildman–Crippen MR) is 89.2 cm³/mol. The second kappa shape index (κ2) is 3.70. The summed E-state index contributed by atoms with van der Waals surface area (Å²) in [6.45, 7) is 0. The SMILES string of the molecule is Bc1ccc2c(c1)oc1ccc3c4ccccc4oc3c12. The monoisotopic (exact) mass is 270 g/mol. The van der Waals surface area contributed by atoms with Crippen LogP contribution in [0.2, 0.25) is 0 Å². The van der Waals surface area contributed by atoms with Gasteiger partial charge in [-0.15, -0.1) is 0 Å². The van der Waals surface area contributed by atoms with E-state index in [0.29, 0.717) is 0 Å². The molecule has 98 valence electrons. The van der Waals surface area contributed by atoms with E-state index in [9.17, 15) is 0 Å². The van der Waals surface area contributed by atoms with Crippen LogP contribution in [0.15, 0.2) is 63.4 Å². The van der Waals surface area contributed by atoms with Crippen LogP contribution in [0, 0.1) is 0 Å². The maximum Gasteiger partial charge on any atom is 0.147 e. The van der Waals surface area contributed by atoms with Crippen LogP contribution in [0.4, 0.5) is 0 Å². The Morgan fingerprint density at radius 2 is 1.52 bits per heavy atom. The molecule has 0 unspecified atom stereocenters. The fourth-order valence-corrected chi connectivity index (χ4v) is 3.15. The van der Waals surface area contributed by atoms with E-state index in [2.05, 4.69) is 38.2 Å². The van der Waals surface area contributed by atoms with Crippen molar-refractivity contribution in [3.63, 3.8) is 0 Å². The molecule has 0 spiro atoms. The van der Waals surface area contributed by atoms with Gasteiger partial charge in [-0.05, 0) is 24.3 Å². The maximum atomic E-state index is 6.10. The third-order valence-electron chi connectivity index (χ3n) is 4.14. The van der Waals surface area contributed by atoms with E-state index < -0.39 is 0 Å². The van der Waals surface area contributed by atoms with Crippen LogP contribution in [0.1, 0.15) is 0 Å². The first kappa shape index (κ1) is 11.0. The van der Waals surface area contributed by atoms with Crippen molar-refractivity contribution in [3.05, 3.63) is 54.6 Å². The van der Waals surface area contributed by atoms with Crippen LogP contribution in [-0.2, 0) is 0 Å². The van der Waals surface area contributed by atoms with Gasteiger partial charge in [-0.1, -0.05) is 35.8 Å². The van der Waals surface area contributed by atoms with E-state index in [1.807, 2.05) is 24.3 Å². The molecule has 0 bridgehead atoms. The van der Waals surface area contributed by atoms with Crippen molar-refractivity contribution in [1.29, 1.82) is 0 Å². The molecule has 2 aromatic heterocycles. The molecule has 0 saturated carbocycles. The normalized spacial score (nSPS) is 12.0. The number of rotatable bonds is 0. The Balaban J connectivity index is 2.09. The van der Waals surface area contributed by atoms with Crippen molar-refractivity contribution >= 4 is 57.2 Å². The maximum absolute atomic E-state index is 6.10. The zero-order chi connectivity index (χ0) is 14.0. The first-order valence-corrected chi connectivity index (χ1v) is 7.04. The van der Waals surface area contributed by atoms with E-state index in [0.717, 1.165) is 43.9 Å². The van der Waals surface area contributed by atoms with E-state index in [1.165, 1.54) is 5.46 Å². The quantitative estimate of drug-likeness (QED) is 0.401. The van der Waals surface area contributed by atoms with Crippen LogP contribution < -0.4 is 5.46 Å². The molecule has 0 saturated heterocycles. The molecule has 5 aromatic rings. The van der Waals surface area contributed by atoms with Crippen molar-refractivity contribution < 1.29 is 8.83 Å². The minimum Gasteiger partial charge on any atom is -0.456 e. The fourth-order valence-electron chi connectivity index (χ4n) is 3.15. The van der Waals surface area contributed by atoms with E-state index in [-0.39, 0.29) is 0 Å². The molecule has 0 fully saturated rings. The Kier molecular flexibility index (Phi) is 1.94. The average molecular weight is 270 g/mol. The summed E-state index contributed by atoms with van der Waals surface area (Å²) < 4.78 is 12.1. The van der Waals surface area contributed by atoms with Gasteiger partial charge in [-0.3, -0.25) is 0 Å². The van der Waals surface area contributed by atoms with Gasteiger partial charge in [0.15, 0.2) is 0 Å². The Bertz CT molecular complexity index is 1150. The van der Waals surface area contributed by atoms with Gasteiger partial charge >= 0.3 is 0 Å². The van der Waals surface area contributed by atoms with Crippen molar-refractivity contribution in [2.24, 2.45) is 0 Å². The summed E-state index contributed by atoms with van der Waals surface area (Å²) in [7, 11) is 2.07. The summed E-state index contributed by atoms with van der Waals surface area (Å²) in [6, 6.07) is 18.6. The minimum absolute atomic E-state index is 0.877. The van der Waals surface area contributed by atoms with Gasteiger partial charge in [0.2, 0.25) is 0 Å². The molecule has 0 aliphatic carbocycles. The lowest BCUT2D eigenvalue weighted by Crippen LogP contribution is -1.98. The summed E-state index contributed by atoms with van der Waals surface area (Å²) in [4.78, 5) is 0. The van der Waals surface area contributed by atoms with Gasteiger partial charge in [0, 0.05) is 16.2 Å². The number of hydrogen-bond acceptors (Lipinski definition) is 2. The Hall–Kier alpha value is -2.68. The fraction of sp³-hybridized carbons (Fsp3) is 0. The molecule has 3 aromatic carbocycles. The first-order chi connectivity index (χ1) is 10.3. The lowest BCUT2D eigenvalue weighted by atomic mass is 9.95. The van der Waals surface area contributed by atoms with Gasteiger partial charge in [0.25, 0.3) is 0 Å². The topological polar surface area (TPSA) is 26.3 Å². The lowest BCUT2D eigenvalue weighted by molar-refractivity contribution is 0.663. The molecule has 0 aliphatic rings. The van der Waals surface area contributed by atoms with Gasteiger partial charge in [0.1, 0.15) is 30.2 Å². The van der Waals surface area contributed by atoms with Gasteiger partial charge < -0.3 is 8.83 Å². The summed E-state index contributed by atoms with van der Waals surface area (Å²) in [5, 5.41) is 4.47. The van der Waals surface area contributed by atoms with E-state index >= 15 is 0 Å². The standard InChI is InChI=1S/C18H11BO2/c19-10-5-6-13-16(9-10)20-15-8-7-12-11-3-1-2-4-14(11)21-18(12)17(13)15/h1-9H,19H2.